The molecule has 0 radical (unpaired) electrons. The molecule has 1 aromatic carbocycles. The quantitative estimate of drug-likeness (QED) is 0.574. The van der Waals surface area contributed by atoms with Crippen LogP contribution in [0.15, 0.2) is 61.1 Å². The van der Waals surface area contributed by atoms with Crippen molar-refractivity contribution in [1.29, 1.82) is 0 Å². The smallest absolute Gasteiger partial charge is 0.229 e. The monoisotopic (exact) mass is 312 g/mol. The molecule has 24 heavy (non-hydrogen) atoms. The van der Waals surface area contributed by atoms with Gasteiger partial charge in [0.25, 0.3) is 0 Å². The molecular formula is C18H12N6. The molecule has 3 heterocycles. The van der Waals surface area contributed by atoms with E-state index in [1.165, 1.54) is 0 Å². The summed E-state index contributed by atoms with van der Waals surface area (Å²) < 4.78 is 1.70. The lowest BCUT2D eigenvalue weighted by Gasteiger charge is -2.07. The van der Waals surface area contributed by atoms with Crippen LogP contribution in [0.25, 0.3) is 32.8 Å². The largest absolute Gasteiger partial charge is 0.369 e. The first-order valence-electron chi connectivity index (χ1n) is 7.29. The first-order valence-corrected chi connectivity index (χ1v) is 7.29. The van der Waals surface area contributed by atoms with Crippen LogP contribution < -0.4 is 5.73 Å². The van der Waals surface area contributed by atoms with Crippen molar-refractivity contribution in [3.8, 4) is 16.9 Å². The number of rotatable bonds is 2. The molecule has 3 aromatic heterocycles. The van der Waals surface area contributed by atoms with Gasteiger partial charge >= 0.3 is 0 Å². The molecule has 0 aliphatic heterocycles. The third kappa shape index (κ3) is 2.16. The van der Waals surface area contributed by atoms with Gasteiger partial charge in [0, 0.05) is 24.2 Å². The van der Waals surface area contributed by atoms with E-state index in [0.717, 1.165) is 22.2 Å². The first-order chi connectivity index (χ1) is 11.8. The van der Waals surface area contributed by atoms with Gasteiger partial charge in [-0.15, -0.1) is 0 Å². The molecule has 0 atom stereocenters. The zero-order chi connectivity index (χ0) is 16.5. The number of nitrogen functional groups attached to an aromatic ring is 1. The minimum absolute atomic E-state index is 0.303. The van der Waals surface area contributed by atoms with Crippen molar-refractivity contribution in [3.05, 3.63) is 72.5 Å². The highest BCUT2D eigenvalue weighted by Crippen LogP contribution is 2.30. The van der Waals surface area contributed by atoms with E-state index in [4.69, 9.17) is 12.3 Å². The number of benzene rings is 1. The number of hydrogen-bond acceptors (Lipinski definition) is 4. The van der Waals surface area contributed by atoms with Gasteiger partial charge in [-0.2, -0.15) is 0 Å². The normalized spacial score (nSPS) is 10.6. The molecule has 0 bridgehead atoms. The molecule has 2 N–H and O–H groups in total. The highest BCUT2D eigenvalue weighted by molar-refractivity contribution is 5.86. The van der Waals surface area contributed by atoms with Gasteiger partial charge < -0.3 is 5.73 Å². The Hall–Kier alpha value is -3.72. The van der Waals surface area contributed by atoms with Gasteiger partial charge in [-0.1, -0.05) is 24.3 Å². The number of hydrogen-bond donors (Lipinski definition) is 1. The summed E-state index contributed by atoms with van der Waals surface area (Å²) in [6.07, 6.45) is 5.18. The summed E-state index contributed by atoms with van der Waals surface area (Å²) in [5, 5.41) is 0. The van der Waals surface area contributed by atoms with E-state index in [0.29, 0.717) is 17.5 Å². The third-order valence-electron chi connectivity index (χ3n) is 3.77. The van der Waals surface area contributed by atoms with Gasteiger partial charge in [0.1, 0.15) is 5.82 Å². The van der Waals surface area contributed by atoms with E-state index in [9.17, 15) is 0 Å². The lowest BCUT2D eigenvalue weighted by Crippen LogP contribution is -2.02. The van der Waals surface area contributed by atoms with Crippen molar-refractivity contribution in [1.82, 2.24) is 19.5 Å². The third-order valence-corrected chi connectivity index (χ3v) is 3.77. The SMILES string of the molecule is [C-]#[N+]c1cccnc1-n1c(N)nc2cc(-c3cccnc3)ccc21. The lowest BCUT2D eigenvalue weighted by atomic mass is 10.1. The van der Waals surface area contributed by atoms with E-state index in [1.807, 2.05) is 30.3 Å². The maximum Gasteiger partial charge on any atom is 0.229 e. The highest BCUT2D eigenvalue weighted by atomic mass is 15.2. The van der Waals surface area contributed by atoms with Crippen LogP contribution >= 0.6 is 0 Å². The predicted molar refractivity (Wildman–Crippen MR) is 92.8 cm³/mol. The van der Waals surface area contributed by atoms with E-state index in [-0.39, 0.29) is 0 Å². The molecule has 0 saturated heterocycles. The Morgan fingerprint density at radius 1 is 1.04 bits per heavy atom. The van der Waals surface area contributed by atoms with Gasteiger partial charge in [-0.05, 0) is 23.8 Å². The van der Waals surface area contributed by atoms with Crippen LogP contribution in [-0.2, 0) is 0 Å². The Kier molecular flexibility index (Phi) is 3.18. The molecule has 6 nitrogen and oxygen atoms in total. The minimum Gasteiger partial charge on any atom is -0.369 e. The van der Waals surface area contributed by atoms with Crippen molar-refractivity contribution in [2.75, 3.05) is 5.73 Å². The minimum atomic E-state index is 0.303. The number of aromatic nitrogens is 4. The van der Waals surface area contributed by atoms with Crippen molar-refractivity contribution in [2.24, 2.45) is 0 Å². The Morgan fingerprint density at radius 2 is 1.92 bits per heavy atom. The molecule has 114 valence electrons. The Labute approximate surface area is 138 Å². The second-order valence-electron chi connectivity index (χ2n) is 5.21. The van der Waals surface area contributed by atoms with E-state index in [2.05, 4.69) is 19.8 Å². The summed E-state index contributed by atoms with van der Waals surface area (Å²) in [4.78, 5) is 16.4. The van der Waals surface area contributed by atoms with Crippen LogP contribution in [-0.4, -0.2) is 19.5 Å². The molecule has 0 fully saturated rings. The molecule has 6 heteroatoms. The molecule has 0 amide bonds. The molecule has 4 aromatic rings. The summed E-state index contributed by atoms with van der Waals surface area (Å²) in [5.41, 5.74) is 10.1. The Morgan fingerprint density at radius 3 is 2.71 bits per heavy atom. The van der Waals surface area contributed by atoms with Crippen LogP contribution in [0.1, 0.15) is 0 Å². The Balaban J connectivity index is 1.93. The van der Waals surface area contributed by atoms with Crippen LogP contribution in [0, 0.1) is 6.57 Å². The lowest BCUT2D eigenvalue weighted by molar-refractivity contribution is 1.04. The van der Waals surface area contributed by atoms with Gasteiger partial charge in [0.15, 0.2) is 0 Å². The number of nitrogens with zero attached hydrogens (tertiary/aromatic N) is 5. The number of imidazole rings is 1. The maximum atomic E-state index is 7.32. The fourth-order valence-corrected chi connectivity index (χ4v) is 2.68. The molecule has 0 saturated carbocycles. The van der Waals surface area contributed by atoms with Gasteiger partial charge in [-0.25, -0.2) is 9.83 Å². The average molecular weight is 312 g/mol. The number of nitrogens with two attached hydrogens (primary N) is 1. The van der Waals surface area contributed by atoms with Crippen LogP contribution in [0.2, 0.25) is 0 Å². The number of anilines is 1. The standard InChI is InChI=1S/C18H12N6/c1-20-14-5-3-9-22-17(14)24-16-7-6-12(10-15(16)23-18(24)19)13-4-2-8-21-11-13/h2-11H,(H2,19,23). The van der Waals surface area contributed by atoms with Crippen molar-refractivity contribution >= 4 is 22.7 Å². The average Bonchev–Trinajstić information content (AvgIpc) is 2.97. The fourth-order valence-electron chi connectivity index (χ4n) is 2.68. The second kappa shape index (κ2) is 5.48. The number of pyridine rings is 2. The van der Waals surface area contributed by atoms with E-state index >= 15 is 0 Å². The van der Waals surface area contributed by atoms with Crippen LogP contribution in [0.5, 0.6) is 0 Å². The zero-order valence-electron chi connectivity index (χ0n) is 12.6. The summed E-state index contributed by atoms with van der Waals surface area (Å²) >= 11 is 0. The predicted octanol–water partition coefficient (Wildman–Crippen LogP) is 3.62. The van der Waals surface area contributed by atoms with E-state index < -0.39 is 0 Å². The first kappa shape index (κ1) is 13.9. The molecule has 4 rings (SSSR count). The second-order valence-corrected chi connectivity index (χ2v) is 5.21. The highest BCUT2D eigenvalue weighted by Gasteiger charge is 2.15. The summed E-state index contributed by atoms with van der Waals surface area (Å²) in [6.45, 7) is 7.32. The van der Waals surface area contributed by atoms with Gasteiger partial charge in [0.2, 0.25) is 11.6 Å². The van der Waals surface area contributed by atoms with Crippen molar-refractivity contribution in [3.63, 3.8) is 0 Å². The summed E-state index contributed by atoms with van der Waals surface area (Å²) in [6, 6.07) is 13.2. The topological polar surface area (TPSA) is 74.0 Å². The molecular weight excluding hydrogens is 300 g/mol. The molecule has 0 aliphatic carbocycles. The molecule has 0 unspecified atom stereocenters. The van der Waals surface area contributed by atoms with Crippen molar-refractivity contribution in [2.45, 2.75) is 0 Å². The molecule has 0 aliphatic rings. The Bertz CT molecular complexity index is 1080. The van der Waals surface area contributed by atoms with Crippen LogP contribution in [0.3, 0.4) is 0 Å². The van der Waals surface area contributed by atoms with Gasteiger partial charge in [-0.3, -0.25) is 14.5 Å². The van der Waals surface area contributed by atoms with Crippen LogP contribution in [0.4, 0.5) is 11.6 Å². The summed E-state index contributed by atoms with van der Waals surface area (Å²) in [5.74, 6) is 0.790. The van der Waals surface area contributed by atoms with Gasteiger partial charge in [0.05, 0.1) is 17.6 Å². The fraction of sp³-hybridized carbons (Fsp3) is 0. The van der Waals surface area contributed by atoms with Crippen molar-refractivity contribution < 1.29 is 0 Å². The zero-order valence-corrected chi connectivity index (χ0v) is 12.6. The summed E-state index contributed by atoms with van der Waals surface area (Å²) in [7, 11) is 0. The van der Waals surface area contributed by atoms with E-state index in [1.54, 1.807) is 35.3 Å². The maximum absolute atomic E-state index is 7.32. The molecule has 0 spiro atoms. The number of fused-ring (bicyclic) bond motifs is 1.